The molecule has 2 aromatic heterocycles. The summed E-state index contributed by atoms with van der Waals surface area (Å²) in [4.78, 5) is 32.0. The van der Waals surface area contributed by atoms with Gasteiger partial charge in [0.15, 0.2) is 0 Å². The lowest BCUT2D eigenvalue weighted by atomic mass is 10.1. The lowest BCUT2D eigenvalue weighted by molar-refractivity contribution is 0.0303. The number of H-pyrrole nitrogens is 1. The van der Waals surface area contributed by atoms with Crippen molar-refractivity contribution in [1.82, 2.24) is 9.88 Å². The molecule has 0 saturated carbocycles. The van der Waals surface area contributed by atoms with Crippen LogP contribution < -0.4 is 5.32 Å². The van der Waals surface area contributed by atoms with E-state index in [1.807, 2.05) is 13.0 Å². The molecular weight excluding hydrogens is 386 g/mol. The Kier molecular flexibility index (Phi) is 4.90. The molecule has 0 atom stereocenters. The molecule has 2 N–H and O–H groups in total. The third-order valence-electron chi connectivity index (χ3n) is 4.45. The number of benzene rings is 1. The van der Waals surface area contributed by atoms with E-state index >= 15 is 0 Å². The quantitative estimate of drug-likeness (QED) is 0.696. The first-order valence-corrected chi connectivity index (χ1v) is 9.79. The van der Waals surface area contributed by atoms with Crippen molar-refractivity contribution in [1.29, 1.82) is 0 Å². The third kappa shape index (κ3) is 3.45. The van der Waals surface area contributed by atoms with E-state index in [2.05, 4.69) is 10.3 Å². The maximum atomic E-state index is 13.2. The number of hydrogen-bond donors (Lipinski definition) is 2. The Balaban J connectivity index is 1.73. The molecule has 1 aliphatic heterocycles. The number of amides is 2. The fourth-order valence-electron chi connectivity index (χ4n) is 3.15. The second-order valence-corrected chi connectivity index (χ2v) is 7.98. The van der Waals surface area contributed by atoms with Crippen molar-refractivity contribution >= 4 is 50.7 Å². The molecule has 0 bridgehead atoms. The summed E-state index contributed by atoms with van der Waals surface area (Å²) >= 11 is 7.65. The molecule has 4 rings (SSSR count). The summed E-state index contributed by atoms with van der Waals surface area (Å²) in [6.45, 7) is 4.02. The second-order valence-electron chi connectivity index (χ2n) is 6.31. The van der Waals surface area contributed by atoms with Crippen molar-refractivity contribution in [3.8, 4) is 0 Å². The van der Waals surface area contributed by atoms with E-state index in [9.17, 15) is 9.59 Å². The molecule has 3 aromatic rings. The Labute approximate surface area is 165 Å². The van der Waals surface area contributed by atoms with Gasteiger partial charge in [0.2, 0.25) is 0 Å². The predicted molar refractivity (Wildman–Crippen MR) is 107 cm³/mol. The number of aromatic amines is 1. The molecule has 0 aliphatic carbocycles. The number of aryl methyl sites for hydroxylation is 1. The van der Waals surface area contributed by atoms with Gasteiger partial charge in [0.1, 0.15) is 5.69 Å². The monoisotopic (exact) mass is 403 g/mol. The van der Waals surface area contributed by atoms with Crippen LogP contribution in [0, 0.1) is 6.92 Å². The maximum Gasteiger partial charge on any atom is 0.273 e. The van der Waals surface area contributed by atoms with Gasteiger partial charge < -0.3 is 19.9 Å². The van der Waals surface area contributed by atoms with Crippen LogP contribution in [0.5, 0.6) is 0 Å². The lowest BCUT2D eigenvalue weighted by Crippen LogP contribution is -2.41. The van der Waals surface area contributed by atoms with Gasteiger partial charge in [-0.25, -0.2) is 0 Å². The highest BCUT2D eigenvalue weighted by atomic mass is 35.5. The zero-order valence-electron chi connectivity index (χ0n) is 14.7. The first-order chi connectivity index (χ1) is 13.0. The number of nitrogens with one attached hydrogen (secondary N) is 2. The minimum absolute atomic E-state index is 0.157. The molecule has 1 fully saturated rings. The molecule has 1 aliphatic rings. The molecule has 0 unspecified atom stereocenters. The summed E-state index contributed by atoms with van der Waals surface area (Å²) in [7, 11) is 0. The van der Waals surface area contributed by atoms with E-state index in [1.165, 1.54) is 11.3 Å². The smallest absolute Gasteiger partial charge is 0.273 e. The Hall–Kier alpha value is -2.35. The molecule has 140 valence electrons. The number of nitrogens with zero attached hydrogens (tertiary/aromatic N) is 1. The Bertz CT molecular complexity index is 1020. The third-order valence-corrected chi connectivity index (χ3v) is 5.85. The summed E-state index contributed by atoms with van der Waals surface area (Å²) in [5.74, 6) is -0.545. The summed E-state index contributed by atoms with van der Waals surface area (Å²) in [6, 6.07) is 8.95. The molecule has 6 nitrogen and oxygen atoms in total. The van der Waals surface area contributed by atoms with Gasteiger partial charge in [0.05, 0.1) is 39.7 Å². The van der Waals surface area contributed by atoms with Crippen LogP contribution in [-0.4, -0.2) is 48.0 Å². The number of ether oxygens (including phenoxy) is 1. The van der Waals surface area contributed by atoms with Gasteiger partial charge in [-0.1, -0.05) is 23.7 Å². The molecule has 1 aromatic carbocycles. The van der Waals surface area contributed by atoms with E-state index in [0.717, 1.165) is 15.1 Å². The standard InChI is InChI=1S/C19H18ClN3O3S/c1-11-10-14-17(27-11)15(19(25)23-6-8-26-9-7-23)16(21-14)18(24)22-13-5-3-2-4-12(13)20/h2-5,10,21H,6-9H2,1H3,(H,22,24). The van der Waals surface area contributed by atoms with E-state index in [1.54, 1.807) is 29.2 Å². The number of anilines is 1. The van der Waals surface area contributed by atoms with Crippen LogP contribution in [-0.2, 0) is 4.74 Å². The highest BCUT2D eigenvalue weighted by Crippen LogP contribution is 2.32. The average Bonchev–Trinajstić information content (AvgIpc) is 3.19. The number of aromatic nitrogens is 1. The zero-order chi connectivity index (χ0) is 19.0. The van der Waals surface area contributed by atoms with Crippen LogP contribution in [0.25, 0.3) is 10.2 Å². The van der Waals surface area contributed by atoms with Crippen molar-refractivity contribution < 1.29 is 14.3 Å². The normalized spacial score (nSPS) is 14.5. The average molecular weight is 404 g/mol. The summed E-state index contributed by atoms with van der Waals surface area (Å²) in [6.07, 6.45) is 0. The first kappa shape index (κ1) is 18.0. The minimum Gasteiger partial charge on any atom is -0.378 e. The molecule has 2 amide bonds. The van der Waals surface area contributed by atoms with Crippen LogP contribution in [0.15, 0.2) is 30.3 Å². The number of rotatable bonds is 3. The molecule has 8 heteroatoms. The van der Waals surface area contributed by atoms with Gasteiger partial charge in [-0.2, -0.15) is 0 Å². The Morgan fingerprint density at radius 2 is 2.00 bits per heavy atom. The number of morpholine rings is 1. The van der Waals surface area contributed by atoms with Crippen LogP contribution in [0.1, 0.15) is 25.7 Å². The zero-order valence-corrected chi connectivity index (χ0v) is 16.2. The van der Waals surface area contributed by atoms with Crippen molar-refractivity contribution in [2.75, 3.05) is 31.6 Å². The van der Waals surface area contributed by atoms with E-state index in [0.29, 0.717) is 42.6 Å². The van der Waals surface area contributed by atoms with Crippen LogP contribution in [0.3, 0.4) is 0 Å². The van der Waals surface area contributed by atoms with Crippen molar-refractivity contribution in [3.05, 3.63) is 51.5 Å². The molecule has 0 spiro atoms. The fourth-order valence-corrected chi connectivity index (χ4v) is 4.34. The molecular formula is C19H18ClN3O3S. The van der Waals surface area contributed by atoms with Gasteiger partial charge in [-0.15, -0.1) is 11.3 Å². The van der Waals surface area contributed by atoms with Gasteiger partial charge in [0.25, 0.3) is 11.8 Å². The van der Waals surface area contributed by atoms with Crippen molar-refractivity contribution in [3.63, 3.8) is 0 Å². The number of halogens is 1. The van der Waals surface area contributed by atoms with Crippen LogP contribution >= 0.6 is 22.9 Å². The molecule has 27 heavy (non-hydrogen) atoms. The number of carbonyl (C=O) groups is 2. The maximum absolute atomic E-state index is 13.2. The number of thiophene rings is 1. The Morgan fingerprint density at radius 3 is 2.74 bits per heavy atom. The number of hydrogen-bond acceptors (Lipinski definition) is 4. The highest BCUT2D eigenvalue weighted by molar-refractivity contribution is 7.19. The van der Waals surface area contributed by atoms with Crippen LogP contribution in [0.2, 0.25) is 5.02 Å². The fraction of sp³-hybridized carbons (Fsp3) is 0.263. The largest absolute Gasteiger partial charge is 0.378 e. The molecule has 3 heterocycles. The van der Waals surface area contributed by atoms with Gasteiger partial charge >= 0.3 is 0 Å². The van der Waals surface area contributed by atoms with Gasteiger partial charge in [-0.3, -0.25) is 9.59 Å². The minimum atomic E-state index is -0.388. The highest BCUT2D eigenvalue weighted by Gasteiger charge is 2.29. The second kappa shape index (κ2) is 7.34. The summed E-state index contributed by atoms with van der Waals surface area (Å²) in [5.41, 5.74) is 1.96. The SMILES string of the molecule is Cc1cc2[nH]c(C(=O)Nc3ccccc3Cl)c(C(=O)N3CCOCC3)c2s1. The number of carbonyl (C=O) groups excluding carboxylic acids is 2. The summed E-state index contributed by atoms with van der Waals surface area (Å²) in [5, 5.41) is 3.24. The van der Waals surface area contributed by atoms with Gasteiger partial charge in [0, 0.05) is 18.0 Å². The van der Waals surface area contributed by atoms with E-state index < -0.39 is 0 Å². The van der Waals surface area contributed by atoms with E-state index in [4.69, 9.17) is 16.3 Å². The Morgan fingerprint density at radius 1 is 1.26 bits per heavy atom. The molecule has 0 radical (unpaired) electrons. The first-order valence-electron chi connectivity index (χ1n) is 8.59. The van der Waals surface area contributed by atoms with Crippen molar-refractivity contribution in [2.45, 2.75) is 6.92 Å². The number of para-hydroxylation sites is 1. The van der Waals surface area contributed by atoms with Gasteiger partial charge in [-0.05, 0) is 25.1 Å². The predicted octanol–water partition coefficient (Wildman–Crippen LogP) is 3.92. The summed E-state index contributed by atoms with van der Waals surface area (Å²) < 4.78 is 6.14. The van der Waals surface area contributed by atoms with Crippen LogP contribution in [0.4, 0.5) is 5.69 Å². The van der Waals surface area contributed by atoms with E-state index in [-0.39, 0.29) is 17.5 Å². The lowest BCUT2D eigenvalue weighted by Gasteiger charge is -2.26. The number of fused-ring (bicyclic) bond motifs is 1. The molecule has 1 saturated heterocycles. The topological polar surface area (TPSA) is 74.4 Å². The van der Waals surface area contributed by atoms with Crippen molar-refractivity contribution in [2.24, 2.45) is 0 Å².